The third kappa shape index (κ3) is 6.03. The standard InChI is InChI=1S/C28H40N4O2/c1-23-9-8-11-25(24(23)2)30-18-20-32(21-19-30)28(33)13-6-7-22-34-27-12-5-4-10-26(27)31-16-14-29(3)15-17-31/h4-5,8-12H,6-7,13-22H2,1-3H3. The Morgan fingerprint density at radius 3 is 2.21 bits per heavy atom. The van der Waals surface area contributed by atoms with Gasteiger partial charge in [0.15, 0.2) is 0 Å². The Bertz CT molecular complexity index is 947. The van der Waals surface area contributed by atoms with E-state index in [-0.39, 0.29) is 5.91 Å². The Balaban J connectivity index is 1.17. The second kappa shape index (κ2) is 11.6. The van der Waals surface area contributed by atoms with E-state index in [1.54, 1.807) is 0 Å². The summed E-state index contributed by atoms with van der Waals surface area (Å²) < 4.78 is 6.14. The Morgan fingerprint density at radius 1 is 0.794 bits per heavy atom. The fraction of sp³-hybridized carbons (Fsp3) is 0.536. The lowest BCUT2D eigenvalue weighted by molar-refractivity contribution is -0.131. The topological polar surface area (TPSA) is 39.3 Å². The van der Waals surface area contributed by atoms with Gasteiger partial charge in [0.1, 0.15) is 5.75 Å². The van der Waals surface area contributed by atoms with Crippen LogP contribution in [-0.4, -0.2) is 81.7 Å². The number of benzene rings is 2. The average molecular weight is 465 g/mol. The zero-order valence-corrected chi connectivity index (χ0v) is 21.1. The minimum atomic E-state index is 0.276. The van der Waals surface area contributed by atoms with Crippen molar-refractivity contribution in [2.75, 3.05) is 75.8 Å². The van der Waals surface area contributed by atoms with Crippen molar-refractivity contribution in [1.82, 2.24) is 9.80 Å². The second-order valence-corrected chi connectivity index (χ2v) is 9.65. The molecule has 2 fully saturated rings. The van der Waals surface area contributed by atoms with Crippen molar-refractivity contribution < 1.29 is 9.53 Å². The van der Waals surface area contributed by atoms with Gasteiger partial charge in [-0.05, 0) is 63.1 Å². The molecule has 0 aromatic heterocycles. The number of piperazine rings is 2. The van der Waals surface area contributed by atoms with E-state index in [1.807, 2.05) is 11.0 Å². The Hall–Kier alpha value is -2.73. The van der Waals surface area contributed by atoms with Crippen LogP contribution in [0, 0.1) is 13.8 Å². The zero-order chi connectivity index (χ0) is 23.9. The number of hydrogen-bond acceptors (Lipinski definition) is 5. The molecule has 2 aliphatic heterocycles. The maximum Gasteiger partial charge on any atom is 0.222 e. The number of aryl methyl sites for hydroxylation is 1. The highest BCUT2D eigenvalue weighted by Gasteiger charge is 2.22. The van der Waals surface area contributed by atoms with Gasteiger partial charge in [-0.3, -0.25) is 4.79 Å². The summed E-state index contributed by atoms with van der Waals surface area (Å²) >= 11 is 0. The first kappa shape index (κ1) is 24.4. The molecular formula is C28H40N4O2. The van der Waals surface area contributed by atoms with Crippen molar-refractivity contribution in [2.24, 2.45) is 0 Å². The van der Waals surface area contributed by atoms with Gasteiger partial charge in [0.25, 0.3) is 0 Å². The largest absolute Gasteiger partial charge is 0.491 e. The number of unbranched alkanes of at least 4 members (excludes halogenated alkanes) is 1. The summed E-state index contributed by atoms with van der Waals surface area (Å²) in [4.78, 5) is 22.0. The van der Waals surface area contributed by atoms with Crippen molar-refractivity contribution in [3.05, 3.63) is 53.6 Å². The fourth-order valence-electron chi connectivity index (χ4n) is 4.88. The second-order valence-electron chi connectivity index (χ2n) is 9.65. The molecule has 6 nitrogen and oxygen atoms in total. The summed E-state index contributed by atoms with van der Waals surface area (Å²) in [6, 6.07) is 14.8. The molecule has 2 saturated heterocycles. The predicted octanol–water partition coefficient (Wildman–Crippen LogP) is 3.95. The molecule has 6 heteroatoms. The molecule has 2 aliphatic rings. The molecular weight excluding hydrogens is 424 g/mol. The third-order valence-electron chi connectivity index (χ3n) is 7.30. The molecule has 0 unspecified atom stereocenters. The molecule has 0 saturated carbocycles. The highest BCUT2D eigenvalue weighted by molar-refractivity contribution is 5.76. The average Bonchev–Trinajstić information content (AvgIpc) is 2.86. The molecule has 0 radical (unpaired) electrons. The van der Waals surface area contributed by atoms with Crippen LogP contribution in [0.2, 0.25) is 0 Å². The molecule has 1 amide bonds. The summed E-state index contributed by atoms with van der Waals surface area (Å²) in [7, 11) is 2.17. The minimum absolute atomic E-state index is 0.276. The van der Waals surface area contributed by atoms with Gasteiger partial charge in [0, 0.05) is 64.5 Å². The number of amides is 1. The number of anilines is 2. The number of nitrogens with zero attached hydrogens (tertiary/aromatic N) is 4. The van der Waals surface area contributed by atoms with Crippen molar-refractivity contribution >= 4 is 17.3 Å². The van der Waals surface area contributed by atoms with Gasteiger partial charge in [0.05, 0.1) is 12.3 Å². The van der Waals surface area contributed by atoms with Crippen LogP contribution in [0.25, 0.3) is 0 Å². The zero-order valence-electron chi connectivity index (χ0n) is 21.1. The van der Waals surface area contributed by atoms with E-state index in [1.165, 1.54) is 22.5 Å². The first-order valence-corrected chi connectivity index (χ1v) is 12.8. The van der Waals surface area contributed by atoms with E-state index in [4.69, 9.17) is 4.74 Å². The van der Waals surface area contributed by atoms with Crippen LogP contribution in [0.15, 0.2) is 42.5 Å². The number of hydrogen-bond donors (Lipinski definition) is 0. The number of carbonyl (C=O) groups excluding carboxylic acids is 1. The lowest BCUT2D eigenvalue weighted by Gasteiger charge is -2.37. The van der Waals surface area contributed by atoms with Gasteiger partial charge in [-0.25, -0.2) is 0 Å². The van der Waals surface area contributed by atoms with Crippen molar-refractivity contribution in [3.8, 4) is 5.75 Å². The van der Waals surface area contributed by atoms with Crippen LogP contribution in [-0.2, 0) is 4.79 Å². The summed E-state index contributed by atoms with van der Waals surface area (Å²) in [5.41, 5.74) is 5.16. The number of ether oxygens (including phenoxy) is 1. The van der Waals surface area contributed by atoms with Gasteiger partial charge < -0.3 is 24.3 Å². The van der Waals surface area contributed by atoms with Gasteiger partial charge in [-0.15, -0.1) is 0 Å². The molecule has 2 aromatic carbocycles. The van der Waals surface area contributed by atoms with E-state index < -0.39 is 0 Å². The molecule has 0 spiro atoms. The maximum absolute atomic E-state index is 12.7. The highest BCUT2D eigenvalue weighted by Crippen LogP contribution is 2.29. The lowest BCUT2D eigenvalue weighted by atomic mass is 10.1. The first-order valence-electron chi connectivity index (χ1n) is 12.8. The number of para-hydroxylation sites is 2. The van der Waals surface area contributed by atoms with Crippen LogP contribution in [0.3, 0.4) is 0 Å². The molecule has 0 N–H and O–H groups in total. The normalized spacial score (nSPS) is 17.2. The monoisotopic (exact) mass is 464 g/mol. The van der Waals surface area contributed by atoms with Crippen molar-refractivity contribution in [3.63, 3.8) is 0 Å². The summed E-state index contributed by atoms with van der Waals surface area (Å²) in [5, 5.41) is 0. The smallest absolute Gasteiger partial charge is 0.222 e. The summed E-state index contributed by atoms with van der Waals surface area (Å²) in [6.45, 7) is 12.6. The molecule has 184 valence electrons. The first-order chi connectivity index (χ1) is 16.5. The Kier molecular flexibility index (Phi) is 8.33. The number of rotatable bonds is 8. The molecule has 0 bridgehead atoms. The summed E-state index contributed by atoms with van der Waals surface area (Å²) in [5.74, 6) is 1.24. The maximum atomic E-state index is 12.7. The summed E-state index contributed by atoms with van der Waals surface area (Å²) in [6.07, 6.45) is 2.37. The van der Waals surface area contributed by atoms with E-state index in [2.05, 4.69) is 72.0 Å². The predicted molar refractivity (Wildman–Crippen MR) is 140 cm³/mol. The molecule has 0 aliphatic carbocycles. The van der Waals surface area contributed by atoms with Crippen LogP contribution in [0.5, 0.6) is 5.75 Å². The molecule has 4 rings (SSSR count). The molecule has 2 heterocycles. The van der Waals surface area contributed by atoms with Gasteiger partial charge in [0.2, 0.25) is 5.91 Å². The number of carbonyl (C=O) groups is 1. The fourth-order valence-corrected chi connectivity index (χ4v) is 4.88. The SMILES string of the molecule is Cc1cccc(N2CCN(C(=O)CCCCOc3ccccc3N3CCN(C)CC3)CC2)c1C. The Labute approximate surface area is 205 Å². The number of likely N-dealkylation sites (N-methyl/N-ethyl adjacent to an activating group) is 1. The van der Waals surface area contributed by atoms with Gasteiger partial charge in [-0.2, -0.15) is 0 Å². The quantitative estimate of drug-likeness (QED) is 0.553. The molecule has 34 heavy (non-hydrogen) atoms. The molecule has 0 atom stereocenters. The molecule has 2 aromatic rings. The van der Waals surface area contributed by atoms with Crippen LogP contribution in [0.1, 0.15) is 30.4 Å². The van der Waals surface area contributed by atoms with E-state index in [0.717, 1.165) is 70.9 Å². The van der Waals surface area contributed by atoms with Crippen molar-refractivity contribution in [2.45, 2.75) is 33.1 Å². The van der Waals surface area contributed by atoms with E-state index in [9.17, 15) is 4.79 Å². The lowest BCUT2D eigenvalue weighted by Crippen LogP contribution is -2.49. The van der Waals surface area contributed by atoms with Crippen LogP contribution < -0.4 is 14.5 Å². The van der Waals surface area contributed by atoms with Gasteiger partial charge >= 0.3 is 0 Å². The minimum Gasteiger partial charge on any atom is -0.491 e. The third-order valence-corrected chi connectivity index (χ3v) is 7.30. The van der Waals surface area contributed by atoms with E-state index >= 15 is 0 Å². The van der Waals surface area contributed by atoms with Crippen LogP contribution >= 0.6 is 0 Å². The van der Waals surface area contributed by atoms with Gasteiger partial charge in [-0.1, -0.05) is 24.3 Å². The van der Waals surface area contributed by atoms with E-state index in [0.29, 0.717) is 13.0 Å². The van der Waals surface area contributed by atoms with Crippen molar-refractivity contribution in [1.29, 1.82) is 0 Å². The van der Waals surface area contributed by atoms with Crippen LogP contribution in [0.4, 0.5) is 11.4 Å². The Morgan fingerprint density at radius 2 is 1.44 bits per heavy atom. The highest BCUT2D eigenvalue weighted by atomic mass is 16.5.